The Labute approximate surface area is 144 Å². The molecule has 0 unspecified atom stereocenters. The minimum Gasteiger partial charge on any atom is -0.450 e. The van der Waals surface area contributed by atoms with E-state index >= 15 is 0 Å². The lowest BCUT2D eigenvalue weighted by Crippen LogP contribution is -1.82. The summed E-state index contributed by atoms with van der Waals surface area (Å²) in [7, 11) is 0. The standard InChI is InChI=1S/C19H12ClNOS/c20-18-9-5-4-8-17(18)14(13-21)12-15-10-11-19(22-15)23-16-6-2-1-3-7-16/h1-12H. The number of furan rings is 1. The average Bonchev–Trinajstić information content (AvgIpc) is 3.01. The first-order chi connectivity index (χ1) is 11.3. The number of halogens is 1. The molecule has 112 valence electrons. The zero-order valence-corrected chi connectivity index (χ0v) is 13.6. The van der Waals surface area contributed by atoms with Crippen molar-refractivity contribution in [3.63, 3.8) is 0 Å². The van der Waals surface area contributed by atoms with Gasteiger partial charge in [-0.25, -0.2) is 0 Å². The Bertz CT molecular complexity index is 878. The summed E-state index contributed by atoms with van der Waals surface area (Å²) in [6.45, 7) is 0. The molecule has 2 aromatic carbocycles. The van der Waals surface area contributed by atoms with E-state index in [0.717, 1.165) is 9.99 Å². The van der Waals surface area contributed by atoms with Gasteiger partial charge in [0, 0.05) is 15.5 Å². The highest BCUT2D eigenvalue weighted by Crippen LogP contribution is 2.31. The molecule has 0 aliphatic carbocycles. The van der Waals surface area contributed by atoms with E-state index in [1.807, 2.05) is 60.7 Å². The van der Waals surface area contributed by atoms with Crippen LogP contribution in [-0.2, 0) is 0 Å². The van der Waals surface area contributed by atoms with Crippen molar-refractivity contribution in [1.82, 2.24) is 0 Å². The quantitative estimate of drug-likeness (QED) is 0.536. The van der Waals surface area contributed by atoms with Crippen LogP contribution in [-0.4, -0.2) is 0 Å². The van der Waals surface area contributed by atoms with Crippen molar-refractivity contribution in [2.75, 3.05) is 0 Å². The summed E-state index contributed by atoms with van der Waals surface area (Å²) in [5.74, 6) is 0.625. The van der Waals surface area contributed by atoms with Crippen LogP contribution >= 0.6 is 23.4 Å². The Morgan fingerprint density at radius 1 is 1.00 bits per heavy atom. The topological polar surface area (TPSA) is 36.9 Å². The van der Waals surface area contributed by atoms with E-state index in [1.54, 1.807) is 12.1 Å². The number of hydrogen-bond acceptors (Lipinski definition) is 3. The Morgan fingerprint density at radius 3 is 2.48 bits per heavy atom. The second-order valence-corrected chi connectivity index (χ2v) is 6.21. The molecule has 4 heteroatoms. The maximum Gasteiger partial charge on any atom is 0.165 e. The lowest BCUT2D eigenvalue weighted by molar-refractivity contribution is 0.466. The fourth-order valence-electron chi connectivity index (χ4n) is 2.06. The molecule has 0 bridgehead atoms. The number of rotatable bonds is 4. The first kappa shape index (κ1) is 15.5. The Hall–Kier alpha value is -2.41. The van der Waals surface area contributed by atoms with E-state index < -0.39 is 0 Å². The normalized spacial score (nSPS) is 11.2. The van der Waals surface area contributed by atoms with E-state index in [1.165, 1.54) is 11.8 Å². The molecule has 0 saturated carbocycles. The smallest absolute Gasteiger partial charge is 0.165 e. The highest BCUT2D eigenvalue weighted by Gasteiger charge is 2.08. The van der Waals surface area contributed by atoms with Gasteiger partial charge in [-0.1, -0.05) is 59.8 Å². The molecule has 1 heterocycles. The van der Waals surface area contributed by atoms with Crippen molar-refractivity contribution >= 4 is 35.0 Å². The molecule has 0 aliphatic rings. The second-order valence-electron chi connectivity index (χ2n) is 4.72. The number of hydrogen-bond donors (Lipinski definition) is 0. The largest absolute Gasteiger partial charge is 0.450 e. The third kappa shape index (κ3) is 3.87. The van der Waals surface area contributed by atoms with Crippen LogP contribution in [0.25, 0.3) is 11.6 Å². The van der Waals surface area contributed by atoms with Gasteiger partial charge in [0.15, 0.2) is 5.09 Å². The molecule has 0 saturated heterocycles. The van der Waals surface area contributed by atoms with Crippen LogP contribution in [0, 0.1) is 11.3 Å². The zero-order chi connectivity index (χ0) is 16.1. The van der Waals surface area contributed by atoms with Gasteiger partial charge in [0.25, 0.3) is 0 Å². The lowest BCUT2D eigenvalue weighted by Gasteiger charge is -2.01. The summed E-state index contributed by atoms with van der Waals surface area (Å²) in [4.78, 5) is 1.10. The summed E-state index contributed by atoms with van der Waals surface area (Å²) < 4.78 is 5.77. The monoisotopic (exact) mass is 337 g/mol. The van der Waals surface area contributed by atoms with Gasteiger partial charge in [-0.2, -0.15) is 5.26 Å². The van der Waals surface area contributed by atoms with E-state index in [9.17, 15) is 5.26 Å². The lowest BCUT2D eigenvalue weighted by atomic mass is 10.1. The first-order valence-corrected chi connectivity index (χ1v) is 8.15. The van der Waals surface area contributed by atoms with Gasteiger partial charge in [0.2, 0.25) is 0 Å². The summed E-state index contributed by atoms with van der Waals surface area (Å²) in [6.07, 6.45) is 1.70. The van der Waals surface area contributed by atoms with Crippen LogP contribution in [0.15, 0.2) is 81.1 Å². The molecule has 0 fully saturated rings. The maximum atomic E-state index is 9.38. The molecule has 3 rings (SSSR count). The molecule has 0 aliphatic heterocycles. The molecule has 3 aromatic rings. The van der Waals surface area contributed by atoms with Crippen LogP contribution in [0.3, 0.4) is 0 Å². The molecule has 0 N–H and O–H groups in total. The van der Waals surface area contributed by atoms with Crippen molar-refractivity contribution in [2.24, 2.45) is 0 Å². The number of nitrogens with zero attached hydrogens (tertiary/aromatic N) is 1. The van der Waals surface area contributed by atoms with Gasteiger partial charge in [0.1, 0.15) is 5.76 Å². The van der Waals surface area contributed by atoms with Gasteiger partial charge in [-0.05, 0) is 36.4 Å². The number of nitriles is 1. The van der Waals surface area contributed by atoms with E-state index in [4.69, 9.17) is 16.0 Å². The molecular weight excluding hydrogens is 326 g/mol. The fraction of sp³-hybridized carbons (Fsp3) is 0. The molecule has 2 nitrogen and oxygen atoms in total. The van der Waals surface area contributed by atoms with Crippen LogP contribution in [0.5, 0.6) is 0 Å². The highest BCUT2D eigenvalue weighted by atomic mass is 35.5. The number of allylic oxidation sites excluding steroid dienone is 1. The molecule has 0 amide bonds. The Morgan fingerprint density at radius 2 is 1.74 bits per heavy atom. The molecule has 0 atom stereocenters. The predicted octanol–water partition coefficient (Wildman–Crippen LogP) is 6.15. The Kier molecular flexibility index (Phi) is 4.87. The van der Waals surface area contributed by atoms with Gasteiger partial charge >= 0.3 is 0 Å². The SMILES string of the molecule is N#CC(=Cc1ccc(Sc2ccccc2)o1)c1ccccc1Cl. The molecule has 0 spiro atoms. The van der Waals surface area contributed by atoms with Gasteiger partial charge in [-0.15, -0.1) is 0 Å². The number of benzene rings is 2. The molecule has 23 heavy (non-hydrogen) atoms. The van der Waals surface area contributed by atoms with Gasteiger partial charge in [0.05, 0.1) is 11.6 Å². The second kappa shape index (κ2) is 7.23. The molecular formula is C19H12ClNOS. The Balaban J connectivity index is 1.85. The zero-order valence-electron chi connectivity index (χ0n) is 12.1. The fourth-order valence-corrected chi connectivity index (χ4v) is 3.10. The highest BCUT2D eigenvalue weighted by molar-refractivity contribution is 7.99. The third-order valence-corrected chi connectivity index (χ3v) is 4.39. The third-order valence-electron chi connectivity index (χ3n) is 3.13. The van der Waals surface area contributed by atoms with E-state index in [0.29, 0.717) is 21.9 Å². The van der Waals surface area contributed by atoms with E-state index in [-0.39, 0.29) is 0 Å². The summed E-state index contributed by atoms with van der Waals surface area (Å²) >= 11 is 7.69. The van der Waals surface area contributed by atoms with E-state index in [2.05, 4.69) is 6.07 Å². The summed E-state index contributed by atoms with van der Waals surface area (Å²) in [5, 5.41) is 10.7. The minimum atomic E-state index is 0.473. The van der Waals surface area contributed by atoms with Crippen molar-refractivity contribution in [2.45, 2.75) is 9.99 Å². The predicted molar refractivity (Wildman–Crippen MR) is 94.2 cm³/mol. The van der Waals surface area contributed by atoms with Crippen LogP contribution in [0.4, 0.5) is 0 Å². The van der Waals surface area contributed by atoms with Gasteiger partial charge < -0.3 is 4.42 Å². The van der Waals surface area contributed by atoms with Crippen LogP contribution < -0.4 is 0 Å². The van der Waals surface area contributed by atoms with Gasteiger partial charge in [-0.3, -0.25) is 0 Å². The molecule has 1 aromatic heterocycles. The van der Waals surface area contributed by atoms with Crippen molar-refractivity contribution in [3.8, 4) is 6.07 Å². The van der Waals surface area contributed by atoms with Crippen LogP contribution in [0.2, 0.25) is 5.02 Å². The van der Waals surface area contributed by atoms with Crippen molar-refractivity contribution in [3.05, 3.63) is 83.1 Å². The minimum absolute atomic E-state index is 0.473. The van der Waals surface area contributed by atoms with Crippen molar-refractivity contribution in [1.29, 1.82) is 5.26 Å². The van der Waals surface area contributed by atoms with Crippen LogP contribution in [0.1, 0.15) is 11.3 Å². The maximum absolute atomic E-state index is 9.38. The molecule has 0 radical (unpaired) electrons. The first-order valence-electron chi connectivity index (χ1n) is 6.96. The summed E-state index contributed by atoms with van der Waals surface area (Å²) in [6, 6.07) is 23.2. The van der Waals surface area contributed by atoms with Crippen molar-refractivity contribution < 1.29 is 4.42 Å². The average molecular weight is 338 g/mol. The summed E-state index contributed by atoms with van der Waals surface area (Å²) in [5.41, 5.74) is 1.17.